The van der Waals surface area contributed by atoms with Crippen LogP contribution in [-0.2, 0) is 6.54 Å². The number of aryl methyl sites for hydroxylation is 1. The molecule has 3 aromatic heterocycles. The van der Waals surface area contributed by atoms with Crippen LogP contribution < -0.4 is 10.2 Å². The van der Waals surface area contributed by atoms with Crippen LogP contribution in [0, 0.1) is 23.2 Å². The molecule has 2 N–H and O–H groups in total. The summed E-state index contributed by atoms with van der Waals surface area (Å²) in [5, 5.41) is 17.6. The molecule has 3 aromatic rings. The Balaban J connectivity index is 1.26. The van der Waals surface area contributed by atoms with Crippen molar-refractivity contribution in [2.45, 2.75) is 32.4 Å². The van der Waals surface area contributed by atoms with Crippen molar-refractivity contribution < 1.29 is 4.79 Å². The molecule has 1 aliphatic heterocycles. The van der Waals surface area contributed by atoms with Gasteiger partial charge in [0.2, 0.25) is 5.95 Å². The average molecular weight is 419 g/mol. The first kappa shape index (κ1) is 19.4. The quantitative estimate of drug-likeness (QED) is 0.670. The first-order valence-corrected chi connectivity index (χ1v) is 10.6. The van der Waals surface area contributed by atoms with Crippen LogP contribution in [0.3, 0.4) is 0 Å². The van der Waals surface area contributed by atoms with E-state index in [1.165, 1.54) is 0 Å². The number of anilines is 2. The second-order valence-electron chi connectivity index (χ2n) is 8.39. The minimum atomic E-state index is -0.136. The summed E-state index contributed by atoms with van der Waals surface area (Å²) < 4.78 is 1.69. The Bertz CT molecular complexity index is 1150. The Morgan fingerprint density at radius 2 is 2.13 bits per heavy atom. The smallest absolute Gasteiger partial charge is 0.324 e. The number of carbonyl (C=O) groups excluding carboxylic acids is 1. The summed E-state index contributed by atoms with van der Waals surface area (Å²) in [7, 11) is 2.06. The van der Waals surface area contributed by atoms with Gasteiger partial charge in [0.1, 0.15) is 18.0 Å². The molecule has 31 heavy (non-hydrogen) atoms. The minimum absolute atomic E-state index is 0.136. The van der Waals surface area contributed by atoms with Crippen molar-refractivity contribution in [2.75, 3.05) is 30.4 Å². The van der Waals surface area contributed by atoms with E-state index in [1.807, 2.05) is 24.1 Å². The molecule has 1 saturated heterocycles. The van der Waals surface area contributed by atoms with Gasteiger partial charge >= 0.3 is 6.03 Å². The highest BCUT2D eigenvalue weighted by molar-refractivity contribution is 5.93. The Labute approximate surface area is 179 Å². The van der Waals surface area contributed by atoms with Crippen molar-refractivity contribution >= 4 is 28.7 Å². The fourth-order valence-electron chi connectivity index (χ4n) is 5.07. The molecule has 2 aliphatic rings. The van der Waals surface area contributed by atoms with Crippen LogP contribution in [0.25, 0.3) is 11.0 Å². The lowest BCUT2D eigenvalue weighted by Gasteiger charge is -2.29. The Morgan fingerprint density at radius 1 is 1.35 bits per heavy atom. The van der Waals surface area contributed by atoms with E-state index in [-0.39, 0.29) is 6.03 Å². The molecule has 5 rings (SSSR count). The molecule has 4 heterocycles. The Morgan fingerprint density at radius 3 is 2.81 bits per heavy atom. The maximum Gasteiger partial charge on any atom is 0.324 e. The van der Waals surface area contributed by atoms with Crippen molar-refractivity contribution in [1.82, 2.24) is 29.6 Å². The first-order valence-electron chi connectivity index (χ1n) is 10.6. The molecule has 0 aromatic carbocycles. The largest absolute Gasteiger partial charge is 0.370 e. The van der Waals surface area contributed by atoms with E-state index in [1.54, 1.807) is 17.2 Å². The number of carbonyl (C=O) groups is 1. The van der Waals surface area contributed by atoms with E-state index < -0.39 is 0 Å². The molecule has 2 unspecified atom stereocenters. The average Bonchev–Trinajstić information content (AvgIpc) is 3.54. The lowest BCUT2D eigenvalue weighted by atomic mass is 10.0. The maximum atomic E-state index is 12.6. The molecule has 2 fully saturated rings. The van der Waals surface area contributed by atoms with Gasteiger partial charge in [-0.15, -0.1) is 5.10 Å². The van der Waals surface area contributed by atoms with Crippen LogP contribution in [0.2, 0.25) is 0 Å². The van der Waals surface area contributed by atoms with Crippen LogP contribution in [-0.4, -0.2) is 61.8 Å². The molecule has 2 atom stereocenters. The number of fused-ring (bicyclic) bond motifs is 2. The summed E-state index contributed by atoms with van der Waals surface area (Å²) in [5.41, 5.74) is 2.32. The lowest BCUT2D eigenvalue weighted by Crippen LogP contribution is -2.36. The molecule has 0 radical (unpaired) electrons. The molecule has 160 valence electrons. The summed E-state index contributed by atoms with van der Waals surface area (Å²) in [5.74, 6) is 1.25. The van der Waals surface area contributed by atoms with E-state index in [4.69, 9.17) is 0 Å². The van der Waals surface area contributed by atoms with E-state index >= 15 is 0 Å². The van der Waals surface area contributed by atoms with Gasteiger partial charge < -0.3 is 14.8 Å². The number of nitrogens with zero attached hydrogens (tertiary/aromatic N) is 7. The molecule has 10 nitrogen and oxygen atoms in total. The molecule has 10 heteroatoms. The number of amides is 2. The van der Waals surface area contributed by atoms with Gasteiger partial charge in [0.05, 0.1) is 11.3 Å². The monoisotopic (exact) mass is 419 g/mol. The van der Waals surface area contributed by atoms with Gasteiger partial charge in [-0.25, -0.2) is 14.8 Å². The molecule has 1 saturated carbocycles. The number of aromatic amines is 1. The van der Waals surface area contributed by atoms with Crippen molar-refractivity contribution in [3.63, 3.8) is 0 Å². The third-order valence-corrected chi connectivity index (χ3v) is 6.67. The number of hydrogen-bond acceptors (Lipinski definition) is 6. The Hall–Kier alpha value is -3.61. The van der Waals surface area contributed by atoms with E-state index in [9.17, 15) is 10.1 Å². The number of nitrogens with one attached hydrogen (secondary N) is 2. The summed E-state index contributed by atoms with van der Waals surface area (Å²) in [6.45, 7) is 4.15. The molecular formula is C21H25N9O. The third kappa shape index (κ3) is 3.36. The first-order chi connectivity index (χ1) is 15.1. The van der Waals surface area contributed by atoms with Crippen LogP contribution >= 0.6 is 0 Å². The molecule has 0 spiro atoms. The highest BCUT2D eigenvalue weighted by Gasteiger charge is 2.44. The van der Waals surface area contributed by atoms with Crippen molar-refractivity contribution in [3.8, 4) is 6.07 Å². The summed E-state index contributed by atoms with van der Waals surface area (Å²) >= 11 is 0. The van der Waals surface area contributed by atoms with Crippen molar-refractivity contribution in [2.24, 2.45) is 11.8 Å². The zero-order chi connectivity index (χ0) is 21.5. The Kier molecular flexibility index (Phi) is 4.73. The topological polar surface area (TPSA) is 119 Å². The van der Waals surface area contributed by atoms with Gasteiger partial charge in [0.25, 0.3) is 0 Å². The minimum Gasteiger partial charge on any atom is -0.370 e. The van der Waals surface area contributed by atoms with Gasteiger partial charge in [-0.05, 0) is 37.7 Å². The number of likely N-dealkylation sites (tertiary alicyclic amines) is 1. The summed E-state index contributed by atoms with van der Waals surface area (Å²) in [4.78, 5) is 28.4. The fraction of sp³-hybridized carbons (Fsp3) is 0.476. The number of urea groups is 1. The van der Waals surface area contributed by atoms with Gasteiger partial charge in [-0.3, -0.25) is 10.00 Å². The lowest BCUT2D eigenvalue weighted by molar-refractivity contribution is 0.218. The van der Waals surface area contributed by atoms with E-state index in [0.717, 1.165) is 42.7 Å². The van der Waals surface area contributed by atoms with Crippen LogP contribution in [0.5, 0.6) is 0 Å². The fourth-order valence-corrected chi connectivity index (χ4v) is 5.07. The normalized spacial score (nSPS) is 22.5. The van der Waals surface area contributed by atoms with Crippen LogP contribution in [0.1, 0.15) is 25.3 Å². The number of aromatic nitrogens is 5. The van der Waals surface area contributed by atoms with Gasteiger partial charge in [0, 0.05) is 50.5 Å². The standard InChI is InChI=1S/C21H25N9O/c1-3-30-12-25-20(27-30)26-21(31)29-10-13-6-16(7-14(13)11-29)28(2)18-15(8-22)9-24-19-17(18)4-5-23-19/h4-5,9,12-14,16H,3,6-7,10-11H2,1-2H3,(H,23,24)(H,26,27,31). The second kappa shape index (κ2) is 7.58. The van der Waals surface area contributed by atoms with Crippen molar-refractivity contribution in [1.29, 1.82) is 5.26 Å². The van der Waals surface area contributed by atoms with Crippen LogP contribution in [0.15, 0.2) is 24.8 Å². The van der Waals surface area contributed by atoms with E-state index in [0.29, 0.717) is 35.9 Å². The highest BCUT2D eigenvalue weighted by Crippen LogP contribution is 2.42. The molecular weight excluding hydrogens is 394 g/mol. The van der Waals surface area contributed by atoms with Gasteiger partial charge in [-0.1, -0.05) is 0 Å². The zero-order valence-electron chi connectivity index (χ0n) is 17.6. The molecule has 0 bridgehead atoms. The number of hydrogen-bond donors (Lipinski definition) is 2. The van der Waals surface area contributed by atoms with Gasteiger partial charge in [-0.2, -0.15) is 5.26 Å². The summed E-state index contributed by atoms with van der Waals surface area (Å²) in [6, 6.07) is 4.46. The highest BCUT2D eigenvalue weighted by atomic mass is 16.2. The third-order valence-electron chi connectivity index (χ3n) is 6.67. The van der Waals surface area contributed by atoms with Crippen LogP contribution in [0.4, 0.5) is 16.4 Å². The van der Waals surface area contributed by atoms with E-state index in [2.05, 4.69) is 43.4 Å². The second-order valence-corrected chi connectivity index (χ2v) is 8.39. The number of rotatable bonds is 4. The predicted octanol–water partition coefficient (Wildman–Crippen LogP) is 2.42. The summed E-state index contributed by atoms with van der Waals surface area (Å²) in [6.07, 6.45) is 7.10. The predicted molar refractivity (Wildman–Crippen MR) is 116 cm³/mol. The zero-order valence-corrected chi connectivity index (χ0v) is 17.6. The SMILES string of the molecule is CCn1cnc(NC(=O)N2CC3CC(N(C)c4c(C#N)cnc5[nH]ccc45)CC3C2)n1. The maximum absolute atomic E-state index is 12.6. The number of H-pyrrole nitrogens is 1. The molecule has 2 amide bonds. The number of nitriles is 1. The molecule has 1 aliphatic carbocycles. The van der Waals surface area contributed by atoms with Crippen molar-refractivity contribution in [3.05, 3.63) is 30.4 Å². The number of pyridine rings is 1. The van der Waals surface area contributed by atoms with Gasteiger partial charge in [0.15, 0.2) is 0 Å².